The molecule has 21 heavy (non-hydrogen) atoms. The van der Waals surface area contributed by atoms with Crippen molar-refractivity contribution in [2.45, 2.75) is 26.8 Å². The zero-order chi connectivity index (χ0) is 15.7. The first-order valence-electron chi connectivity index (χ1n) is 6.56. The zero-order valence-electron chi connectivity index (χ0n) is 11.7. The van der Waals surface area contributed by atoms with Crippen LogP contribution in [0, 0.1) is 17.6 Å². The van der Waals surface area contributed by atoms with Crippen LogP contribution in [0.5, 0.6) is 0 Å². The van der Waals surface area contributed by atoms with Crippen LogP contribution in [0.15, 0.2) is 23.1 Å². The van der Waals surface area contributed by atoms with Gasteiger partial charge in [-0.3, -0.25) is 4.79 Å². The number of halogens is 2. The fourth-order valence-corrected chi connectivity index (χ4v) is 2.12. The molecule has 0 spiro atoms. The Morgan fingerprint density at radius 1 is 1.29 bits per heavy atom. The number of carboxylic acids is 1. The number of aryl methyl sites for hydroxylation is 1. The lowest BCUT2D eigenvalue weighted by Gasteiger charge is -2.14. The number of benzene rings is 1. The van der Waals surface area contributed by atoms with Gasteiger partial charge in [-0.15, -0.1) is 0 Å². The van der Waals surface area contributed by atoms with Gasteiger partial charge in [-0.05, 0) is 18.4 Å². The third kappa shape index (κ3) is 2.94. The van der Waals surface area contributed by atoms with E-state index in [2.05, 4.69) is 0 Å². The Balaban J connectivity index is 2.75. The van der Waals surface area contributed by atoms with Gasteiger partial charge in [0.15, 0.2) is 11.6 Å². The fourth-order valence-electron chi connectivity index (χ4n) is 2.12. The topological polar surface area (TPSA) is 59.3 Å². The van der Waals surface area contributed by atoms with Crippen LogP contribution in [-0.4, -0.2) is 15.6 Å². The van der Waals surface area contributed by atoms with Gasteiger partial charge in [0.05, 0.1) is 5.52 Å². The molecular weight excluding hydrogens is 280 g/mol. The van der Waals surface area contributed by atoms with Gasteiger partial charge in [0.25, 0.3) is 0 Å². The van der Waals surface area contributed by atoms with Gasteiger partial charge in [0.1, 0.15) is 5.56 Å². The van der Waals surface area contributed by atoms with Crippen LogP contribution >= 0.6 is 0 Å². The summed E-state index contributed by atoms with van der Waals surface area (Å²) in [5, 5.41) is 8.94. The maximum atomic E-state index is 13.4. The van der Waals surface area contributed by atoms with Crippen molar-refractivity contribution in [3.63, 3.8) is 0 Å². The molecule has 0 fully saturated rings. The molecule has 0 aliphatic rings. The maximum absolute atomic E-state index is 13.4. The van der Waals surface area contributed by atoms with Gasteiger partial charge >= 0.3 is 5.97 Å². The molecule has 0 aliphatic carbocycles. The first-order valence-corrected chi connectivity index (χ1v) is 6.56. The van der Waals surface area contributed by atoms with E-state index in [9.17, 15) is 18.4 Å². The number of carboxylic acid groups (broad SMARTS) is 1. The summed E-state index contributed by atoms with van der Waals surface area (Å²) >= 11 is 0. The van der Waals surface area contributed by atoms with Crippen LogP contribution in [0.1, 0.15) is 30.6 Å². The SMILES string of the molecule is CC(C)CCn1cc(C(=O)O)c(=O)c2cc(F)c(F)cc21. The summed E-state index contributed by atoms with van der Waals surface area (Å²) in [5.74, 6) is -3.27. The molecular formula is C15H15F2NO3. The summed E-state index contributed by atoms with van der Waals surface area (Å²) in [6.07, 6.45) is 1.91. The normalized spacial score (nSPS) is 11.3. The number of hydrogen-bond acceptors (Lipinski definition) is 2. The van der Waals surface area contributed by atoms with E-state index < -0.39 is 28.6 Å². The number of pyridine rings is 1. The van der Waals surface area contributed by atoms with Crippen LogP contribution in [0.4, 0.5) is 8.78 Å². The van der Waals surface area contributed by atoms with E-state index >= 15 is 0 Å². The molecule has 112 valence electrons. The van der Waals surface area contributed by atoms with Crippen molar-refractivity contribution < 1.29 is 18.7 Å². The lowest BCUT2D eigenvalue weighted by atomic mass is 10.1. The monoisotopic (exact) mass is 295 g/mol. The molecule has 2 rings (SSSR count). The average molecular weight is 295 g/mol. The van der Waals surface area contributed by atoms with Gasteiger partial charge in [-0.2, -0.15) is 0 Å². The standard InChI is InChI=1S/C15H15F2NO3/c1-8(2)3-4-18-7-10(15(20)21)14(19)9-5-11(16)12(17)6-13(9)18/h5-8H,3-4H2,1-2H3,(H,20,21). The van der Waals surface area contributed by atoms with Gasteiger partial charge in [0.2, 0.25) is 5.43 Å². The van der Waals surface area contributed by atoms with Crippen LogP contribution in [0.3, 0.4) is 0 Å². The zero-order valence-corrected chi connectivity index (χ0v) is 11.7. The van der Waals surface area contributed by atoms with Gasteiger partial charge in [-0.1, -0.05) is 13.8 Å². The Hall–Kier alpha value is -2.24. The lowest BCUT2D eigenvalue weighted by Crippen LogP contribution is -2.19. The van der Waals surface area contributed by atoms with E-state index in [4.69, 9.17) is 5.11 Å². The van der Waals surface area contributed by atoms with Crippen molar-refractivity contribution in [3.05, 3.63) is 45.8 Å². The molecule has 4 nitrogen and oxygen atoms in total. The molecule has 1 heterocycles. The average Bonchev–Trinajstić information content (AvgIpc) is 2.39. The first-order chi connectivity index (χ1) is 9.81. The largest absolute Gasteiger partial charge is 0.477 e. The minimum atomic E-state index is -1.38. The van der Waals surface area contributed by atoms with Crippen molar-refractivity contribution in [3.8, 4) is 0 Å². The highest BCUT2D eigenvalue weighted by atomic mass is 19.2. The van der Waals surface area contributed by atoms with E-state index in [0.29, 0.717) is 12.5 Å². The molecule has 6 heteroatoms. The van der Waals surface area contributed by atoms with Crippen molar-refractivity contribution >= 4 is 16.9 Å². The maximum Gasteiger partial charge on any atom is 0.341 e. The second-order valence-corrected chi connectivity index (χ2v) is 5.34. The molecule has 1 aromatic carbocycles. The van der Waals surface area contributed by atoms with Gasteiger partial charge in [-0.25, -0.2) is 13.6 Å². The second kappa shape index (κ2) is 5.63. The van der Waals surface area contributed by atoms with Crippen LogP contribution in [0.2, 0.25) is 0 Å². The van der Waals surface area contributed by atoms with E-state index in [-0.39, 0.29) is 10.9 Å². The van der Waals surface area contributed by atoms with Crippen molar-refractivity contribution in [2.24, 2.45) is 5.92 Å². The summed E-state index contributed by atoms with van der Waals surface area (Å²) < 4.78 is 28.2. The molecule has 0 atom stereocenters. The Kier molecular flexibility index (Phi) is 4.06. The summed E-state index contributed by atoms with van der Waals surface area (Å²) in [4.78, 5) is 23.2. The van der Waals surface area contributed by atoms with Crippen molar-refractivity contribution in [1.82, 2.24) is 4.57 Å². The molecule has 0 radical (unpaired) electrons. The highest BCUT2D eigenvalue weighted by Crippen LogP contribution is 2.18. The minimum Gasteiger partial charge on any atom is -0.477 e. The third-order valence-electron chi connectivity index (χ3n) is 3.30. The smallest absolute Gasteiger partial charge is 0.341 e. The van der Waals surface area contributed by atoms with E-state index in [0.717, 1.165) is 18.6 Å². The Morgan fingerprint density at radius 3 is 2.48 bits per heavy atom. The molecule has 0 saturated carbocycles. The first kappa shape index (κ1) is 15.2. The predicted octanol–water partition coefficient (Wildman–Crippen LogP) is 3.02. The molecule has 0 amide bonds. The highest BCUT2D eigenvalue weighted by molar-refractivity contribution is 5.92. The fraction of sp³-hybridized carbons (Fsp3) is 0.333. The number of aromatic nitrogens is 1. The molecule has 0 saturated heterocycles. The van der Waals surface area contributed by atoms with Gasteiger partial charge < -0.3 is 9.67 Å². The van der Waals surface area contributed by atoms with E-state index in [1.807, 2.05) is 13.8 Å². The van der Waals surface area contributed by atoms with Crippen LogP contribution in [-0.2, 0) is 6.54 Å². The molecule has 2 aromatic rings. The van der Waals surface area contributed by atoms with Crippen molar-refractivity contribution in [2.75, 3.05) is 0 Å². The minimum absolute atomic E-state index is 0.127. The molecule has 1 N–H and O–H groups in total. The Labute approximate surface area is 119 Å². The summed E-state index contributed by atoms with van der Waals surface area (Å²) in [7, 11) is 0. The third-order valence-corrected chi connectivity index (χ3v) is 3.30. The predicted molar refractivity (Wildman–Crippen MR) is 74.5 cm³/mol. The summed E-state index contributed by atoms with van der Waals surface area (Å²) in [6, 6.07) is 1.68. The quantitative estimate of drug-likeness (QED) is 0.943. The van der Waals surface area contributed by atoms with E-state index in [1.54, 1.807) is 0 Å². The summed E-state index contributed by atoms with van der Waals surface area (Å²) in [5.41, 5.74) is -1.06. The summed E-state index contributed by atoms with van der Waals surface area (Å²) in [6.45, 7) is 4.39. The molecule has 0 unspecified atom stereocenters. The van der Waals surface area contributed by atoms with Crippen molar-refractivity contribution in [1.29, 1.82) is 0 Å². The second-order valence-electron chi connectivity index (χ2n) is 5.34. The number of hydrogen-bond donors (Lipinski definition) is 1. The highest BCUT2D eigenvalue weighted by Gasteiger charge is 2.17. The van der Waals surface area contributed by atoms with Crippen LogP contribution in [0.25, 0.3) is 10.9 Å². The van der Waals surface area contributed by atoms with Gasteiger partial charge in [0, 0.05) is 24.2 Å². The van der Waals surface area contributed by atoms with Crippen LogP contribution < -0.4 is 5.43 Å². The Bertz CT molecular complexity index is 766. The number of nitrogens with zero attached hydrogens (tertiary/aromatic N) is 1. The number of carbonyl (C=O) groups is 1. The number of aromatic carboxylic acids is 1. The number of fused-ring (bicyclic) bond motifs is 1. The number of rotatable bonds is 4. The molecule has 1 aromatic heterocycles. The Morgan fingerprint density at radius 2 is 1.90 bits per heavy atom. The molecule has 0 bridgehead atoms. The van der Waals surface area contributed by atoms with E-state index in [1.165, 1.54) is 10.8 Å². The molecule has 0 aliphatic heterocycles. The lowest BCUT2D eigenvalue weighted by molar-refractivity contribution is 0.0695.